The minimum atomic E-state index is -1.68. The molecular weight excluding hydrogens is 285 g/mol. The fraction of sp³-hybridized carbons (Fsp3) is 0.500. The Kier molecular flexibility index (Phi) is 4.72. The third-order valence-corrected chi connectivity index (χ3v) is 3.66. The molecule has 2 N–H and O–H groups in total. The fourth-order valence-electron chi connectivity index (χ4n) is 2.62. The van der Waals surface area contributed by atoms with Gasteiger partial charge in [-0.1, -0.05) is 0 Å². The van der Waals surface area contributed by atoms with E-state index in [-0.39, 0.29) is 5.92 Å². The number of nitrogens with zero attached hydrogens (tertiary/aromatic N) is 1. The number of rotatable bonds is 3. The second-order valence-corrected chi connectivity index (χ2v) is 5.20. The number of likely N-dealkylation sites (tertiary alicyclic amines) is 1. The van der Waals surface area contributed by atoms with Crippen LogP contribution in [0.3, 0.4) is 0 Å². The van der Waals surface area contributed by atoms with Gasteiger partial charge in [-0.15, -0.1) is 0 Å². The smallest absolute Gasteiger partial charge is 0.257 e. The van der Waals surface area contributed by atoms with Gasteiger partial charge in [-0.25, -0.2) is 8.78 Å². The third-order valence-electron chi connectivity index (χ3n) is 3.66. The zero-order valence-corrected chi connectivity index (χ0v) is 11.6. The number of carbonyl (C=O) groups excluding carboxylic acids is 1. The van der Waals surface area contributed by atoms with Crippen LogP contribution in [0.5, 0.6) is 5.75 Å². The Morgan fingerprint density at radius 1 is 1.43 bits per heavy atom. The summed E-state index contributed by atoms with van der Waals surface area (Å²) in [7, 11) is 1.80. The van der Waals surface area contributed by atoms with Crippen LogP contribution in [0, 0.1) is 23.4 Å². The summed E-state index contributed by atoms with van der Waals surface area (Å²) in [4.78, 5) is 13.7. The average Bonchev–Trinajstić information content (AvgIpc) is 2.49. The minimum Gasteiger partial charge on any atom is -0.503 e. The Balaban J connectivity index is 2.24. The molecule has 0 bridgehead atoms. The van der Waals surface area contributed by atoms with Gasteiger partial charge >= 0.3 is 0 Å². The van der Waals surface area contributed by atoms with Crippen molar-refractivity contribution in [1.29, 1.82) is 0 Å². The van der Waals surface area contributed by atoms with Crippen LogP contribution in [0.1, 0.15) is 23.2 Å². The van der Waals surface area contributed by atoms with E-state index in [1.807, 2.05) is 0 Å². The van der Waals surface area contributed by atoms with Gasteiger partial charge in [0.15, 0.2) is 17.4 Å². The summed E-state index contributed by atoms with van der Waals surface area (Å²) in [6.45, 7) is 1.56. The summed E-state index contributed by atoms with van der Waals surface area (Å²) in [6, 6.07) is 0.494. The van der Waals surface area contributed by atoms with Crippen molar-refractivity contribution >= 4 is 5.91 Å². The van der Waals surface area contributed by atoms with Gasteiger partial charge in [0.2, 0.25) is 5.82 Å². The van der Waals surface area contributed by atoms with Crippen molar-refractivity contribution in [2.75, 3.05) is 26.7 Å². The number of carbonyl (C=O) groups is 1. The number of benzene rings is 1. The van der Waals surface area contributed by atoms with E-state index in [9.17, 15) is 23.1 Å². The first-order valence-electron chi connectivity index (χ1n) is 6.76. The van der Waals surface area contributed by atoms with Crippen LogP contribution in [0.15, 0.2) is 6.07 Å². The molecule has 21 heavy (non-hydrogen) atoms. The van der Waals surface area contributed by atoms with Crippen LogP contribution in [-0.2, 0) is 0 Å². The highest BCUT2D eigenvalue weighted by Crippen LogP contribution is 2.27. The Morgan fingerprint density at radius 3 is 2.81 bits per heavy atom. The van der Waals surface area contributed by atoms with E-state index in [4.69, 9.17) is 0 Å². The molecule has 0 spiro atoms. The lowest BCUT2D eigenvalue weighted by atomic mass is 9.97. The van der Waals surface area contributed by atoms with Gasteiger partial charge in [0.25, 0.3) is 5.91 Å². The number of aromatic hydroxyl groups is 1. The summed E-state index contributed by atoms with van der Waals surface area (Å²) in [6.07, 6.45) is 1.70. The number of phenols is 1. The lowest BCUT2D eigenvalue weighted by molar-refractivity contribution is 0.0667. The maximum absolute atomic E-state index is 13.8. The van der Waals surface area contributed by atoms with E-state index >= 15 is 0 Å². The number of phenolic OH excluding ortho intramolecular Hbond substituents is 1. The lowest BCUT2D eigenvalue weighted by Crippen LogP contribution is -2.42. The molecule has 2 rings (SSSR count). The lowest BCUT2D eigenvalue weighted by Gasteiger charge is -2.32. The minimum absolute atomic E-state index is 0.231. The summed E-state index contributed by atoms with van der Waals surface area (Å²) >= 11 is 0. The van der Waals surface area contributed by atoms with Gasteiger partial charge in [-0.05, 0) is 38.4 Å². The second-order valence-electron chi connectivity index (χ2n) is 5.20. The fourth-order valence-corrected chi connectivity index (χ4v) is 2.62. The molecule has 1 aliphatic heterocycles. The van der Waals surface area contributed by atoms with Crippen LogP contribution in [-0.4, -0.2) is 42.6 Å². The topological polar surface area (TPSA) is 52.6 Å². The molecule has 1 heterocycles. The first kappa shape index (κ1) is 15.6. The molecule has 4 nitrogen and oxygen atoms in total. The Bertz CT molecular complexity index is 550. The highest BCUT2D eigenvalue weighted by Gasteiger charge is 2.29. The predicted octanol–water partition coefficient (Wildman–Crippen LogP) is 1.88. The summed E-state index contributed by atoms with van der Waals surface area (Å²) < 4.78 is 40.1. The van der Waals surface area contributed by atoms with E-state index in [2.05, 4.69) is 5.32 Å². The maximum atomic E-state index is 13.8. The van der Waals surface area contributed by atoms with Gasteiger partial charge in [0.1, 0.15) is 0 Å². The molecule has 1 aromatic rings. The molecule has 1 fully saturated rings. The molecule has 1 aromatic carbocycles. The zero-order valence-electron chi connectivity index (χ0n) is 11.6. The molecule has 1 atom stereocenters. The van der Waals surface area contributed by atoms with Crippen LogP contribution in [0.25, 0.3) is 0 Å². The Labute approximate surface area is 120 Å². The van der Waals surface area contributed by atoms with Crippen LogP contribution < -0.4 is 5.32 Å². The normalized spacial score (nSPS) is 18.9. The first-order valence-corrected chi connectivity index (χ1v) is 6.76. The summed E-state index contributed by atoms with van der Waals surface area (Å²) in [5, 5.41) is 12.2. The van der Waals surface area contributed by atoms with Crippen molar-refractivity contribution in [1.82, 2.24) is 10.2 Å². The van der Waals surface area contributed by atoms with Crippen molar-refractivity contribution in [2.45, 2.75) is 12.8 Å². The molecule has 0 aliphatic carbocycles. The molecule has 7 heteroatoms. The number of piperidine rings is 1. The van der Waals surface area contributed by atoms with E-state index in [0.29, 0.717) is 19.2 Å². The van der Waals surface area contributed by atoms with Crippen LogP contribution >= 0.6 is 0 Å². The maximum Gasteiger partial charge on any atom is 0.257 e. The van der Waals surface area contributed by atoms with Gasteiger partial charge in [0, 0.05) is 13.1 Å². The summed E-state index contributed by atoms with van der Waals surface area (Å²) in [5.74, 6) is -6.51. The molecule has 1 saturated heterocycles. The third kappa shape index (κ3) is 3.12. The van der Waals surface area contributed by atoms with Crippen molar-refractivity contribution in [3.8, 4) is 5.75 Å². The summed E-state index contributed by atoms with van der Waals surface area (Å²) in [5.41, 5.74) is -0.642. The van der Waals surface area contributed by atoms with E-state index in [1.165, 1.54) is 4.90 Å². The van der Waals surface area contributed by atoms with E-state index in [1.54, 1.807) is 7.05 Å². The molecule has 1 aliphatic rings. The van der Waals surface area contributed by atoms with Crippen molar-refractivity contribution in [3.05, 3.63) is 29.1 Å². The van der Waals surface area contributed by atoms with Crippen molar-refractivity contribution in [3.63, 3.8) is 0 Å². The van der Waals surface area contributed by atoms with Crippen LogP contribution in [0.2, 0.25) is 0 Å². The highest BCUT2D eigenvalue weighted by atomic mass is 19.2. The van der Waals surface area contributed by atoms with E-state index < -0.39 is 34.7 Å². The molecule has 0 radical (unpaired) electrons. The van der Waals surface area contributed by atoms with Gasteiger partial charge in [-0.2, -0.15) is 4.39 Å². The first-order chi connectivity index (χ1) is 9.95. The Morgan fingerprint density at radius 2 is 2.14 bits per heavy atom. The molecule has 116 valence electrons. The van der Waals surface area contributed by atoms with Gasteiger partial charge in [-0.3, -0.25) is 4.79 Å². The second kappa shape index (κ2) is 6.34. The van der Waals surface area contributed by atoms with Crippen molar-refractivity contribution < 1.29 is 23.1 Å². The van der Waals surface area contributed by atoms with E-state index in [0.717, 1.165) is 19.4 Å². The largest absolute Gasteiger partial charge is 0.503 e. The average molecular weight is 302 g/mol. The quantitative estimate of drug-likeness (QED) is 0.838. The number of halogens is 3. The number of nitrogens with one attached hydrogen (secondary N) is 1. The Hall–Kier alpha value is -1.76. The molecule has 1 amide bonds. The monoisotopic (exact) mass is 302 g/mol. The van der Waals surface area contributed by atoms with Gasteiger partial charge < -0.3 is 15.3 Å². The number of hydrogen-bond donors (Lipinski definition) is 2. The molecular formula is C14H17F3N2O2. The standard InChI is InChI=1S/C14H17F3N2O2/c1-18-6-8-3-2-4-19(7-8)14(21)9-5-10(15)12(17)13(20)11(9)16/h5,8,18,20H,2-4,6-7H2,1H3. The molecule has 0 aromatic heterocycles. The van der Waals surface area contributed by atoms with Gasteiger partial charge in [0.05, 0.1) is 5.56 Å². The number of amides is 1. The SMILES string of the molecule is CNCC1CCCN(C(=O)c2cc(F)c(F)c(O)c2F)C1. The predicted molar refractivity (Wildman–Crippen MR) is 70.5 cm³/mol. The van der Waals surface area contributed by atoms with Crippen molar-refractivity contribution in [2.24, 2.45) is 5.92 Å². The highest BCUT2D eigenvalue weighted by molar-refractivity contribution is 5.95. The zero-order chi connectivity index (χ0) is 15.6. The van der Waals surface area contributed by atoms with Crippen LogP contribution in [0.4, 0.5) is 13.2 Å². The molecule has 0 saturated carbocycles. The molecule has 1 unspecified atom stereocenters. The number of hydrogen-bond acceptors (Lipinski definition) is 3.